The third-order valence-electron chi connectivity index (χ3n) is 1.06. The molecule has 0 saturated carbocycles. The fourth-order valence-corrected chi connectivity index (χ4v) is 0.656. The van der Waals surface area contributed by atoms with Crippen LogP contribution in [0.5, 0.6) is 5.75 Å². The molecule has 0 aliphatic rings. The molecule has 0 unspecified atom stereocenters. The number of halogens is 2. The predicted octanol–water partition coefficient (Wildman–Crippen LogP) is -1.35. The van der Waals surface area contributed by atoms with Crippen LogP contribution in [0, 0.1) is 11.9 Å². The molecule has 12 heavy (non-hydrogen) atoms. The van der Waals surface area contributed by atoms with E-state index >= 15 is 0 Å². The van der Waals surface area contributed by atoms with E-state index in [4.69, 9.17) is 4.74 Å². The van der Waals surface area contributed by atoms with Crippen molar-refractivity contribution in [2.24, 2.45) is 0 Å². The standard InChI is InChI=1S/C8H8FO.BrH.Mg/c1-2-10-8-6-4-3-5-7(8)9;;/h3-5H,2H2,1H3;1H;/q-1;;+2/p-1. The van der Waals surface area contributed by atoms with E-state index in [1.54, 1.807) is 19.1 Å². The van der Waals surface area contributed by atoms with Crippen molar-refractivity contribution >= 4 is 23.1 Å². The third kappa shape index (κ3) is 4.28. The van der Waals surface area contributed by atoms with Crippen LogP contribution in [0.25, 0.3) is 0 Å². The van der Waals surface area contributed by atoms with Gasteiger partial charge < -0.3 is 21.7 Å². The van der Waals surface area contributed by atoms with Crippen LogP contribution in [0.1, 0.15) is 6.92 Å². The quantitative estimate of drug-likeness (QED) is 0.461. The van der Waals surface area contributed by atoms with E-state index in [1.165, 1.54) is 6.07 Å². The molecular formula is C8H8BrFMgO. The van der Waals surface area contributed by atoms with Gasteiger partial charge in [-0.15, -0.1) is 12.1 Å². The largest absolute Gasteiger partial charge is 2.00 e. The second-order valence-corrected chi connectivity index (χ2v) is 1.78. The summed E-state index contributed by atoms with van der Waals surface area (Å²) in [4.78, 5) is 0. The van der Waals surface area contributed by atoms with Gasteiger partial charge in [0.05, 0.1) is 6.61 Å². The third-order valence-corrected chi connectivity index (χ3v) is 1.06. The number of para-hydroxylation sites is 1. The van der Waals surface area contributed by atoms with E-state index in [2.05, 4.69) is 6.07 Å². The van der Waals surface area contributed by atoms with Gasteiger partial charge in [0.1, 0.15) is 0 Å². The number of hydrogen-bond acceptors (Lipinski definition) is 1. The molecule has 0 amide bonds. The summed E-state index contributed by atoms with van der Waals surface area (Å²) < 4.78 is 17.5. The molecule has 0 spiro atoms. The van der Waals surface area contributed by atoms with Crippen molar-refractivity contribution in [2.45, 2.75) is 6.92 Å². The Morgan fingerprint density at radius 2 is 2.25 bits per heavy atom. The minimum atomic E-state index is -0.357. The van der Waals surface area contributed by atoms with Crippen LogP contribution in [-0.2, 0) is 0 Å². The minimum Gasteiger partial charge on any atom is -1.00 e. The summed E-state index contributed by atoms with van der Waals surface area (Å²) in [7, 11) is 0. The molecule has 0 aliphatic heterocycles. The van der Waals surface area contributed by atoms with Crippen molar-refractivity contribution in [3.63, 3.8) is 0 Å². The molecule has 0 radical (unpaired) electrons. The predicted molar refractivity (Wildman–Crippen MR) is 42.2 cm³/mol. The summed E-state index contributed by atoms with van der Waals surface area (Å²) in [5.41, 5.74) is 0. The second kappa shape index (κ2) is 7.83. The summed E-state index contributed by atoms with van der Waals surface area (Å²) in [5.74, 6) is -0.158. The van der Waals surface area contributed by atoms with Crippen LogP contribution in [0.2, 0.25) is 0 Å². The van der Waals surface area contributed by atoms with Crippen LogP contribution in [0.4, 0.5) is 4.39 Å². The molecular weight excluding hydrogens is 235 g/mol. The average Bonchev–Trinajstić information content (AvgIpc) is 1.94. The fourth-order valence-electron chi connectivity index (χ4n) is 0.656. The molecule has 0 N–H and O–H groups in total. The first-order valence-corrected chi connectivity index (χ1v) is 3.13. The Morgan fingerprint density at radius 1 is 1.58 bits per heavy atom. The molecule has 1 nitrogen and oxygen atoms in total. The zero-order chi connectivity index (χ0) is 7.40. The van der Waals surface area contributed by atoms with Gasteiger partial charge in [0, 0.05) is 11.6 Å². The molecule has 4 heteroatoms. The summed E-state index contributed by atoms with van der Waals surface area (Å²) in [6, 6.07) is 7.19. The maximum absolute atomic E-state index is 12.6. The first kappa shape index (κ1) is 14.7. The van der Waals surface area contributed by atoms with Gasteiger partial charge >= 0.3 is 23.1 Å². The molecule has 1 aromatic carbocycles. The van der Waals surface area contributed by atoms with Gasteiger partial charge in [-0.3, -0.25) is 4.39 Å². The van der Waals surface area contributed by atoms with Crippen molar-refractivity contribution in [3.8, 4) is 5.75 Å². The first-order valence-electron chi connectivity index (χ1n) is 3.13. The zero-order valence-corrected chi connectivity index (χ0v) is 9.81. The maximum atomic E-state index is 12.6. The Balaban J connectivity index is 0. The maximum Gasteiger partial charge on any atom is 2.00 e. The molecule has 62 valence electrons. The van der Waals surface area contributed by atoms with E-state index in [-0.39, 0.29) is 51.6 Å². The molecule has 0 aliphatic carbocycles. The van der Waals surface area contributed by atoms with Gasteiger partial charge in [0.15, 0.2) is 0 Å². The summed E-state index contributed by atoms with van der Waals surface area (Å²) >= 11 is 0. The molecule has 0 atom stereocenters. The minimum absolute atomic E-state index is 0. The van der Waals surface area contributed by atoms with E-state index in [0.717, 1.165) is 0 Å². The zero-order valence-electron chi connectivity index (χ0n) is 6.81. The van der Waals surface area contributed by atoms with E-state index < -0.39 is 0 Å². The topological polar surface area (TPSA) is 9.23 Å². The average molecular weight is 243 g/mol. The number of ether oxygens (including phenoxy) is 1. The fraction of sp³-hybridized carbons (Fsp3) is 0.250. The summed E-state index contributed by atoms with van der Waals surface area (Å²) in [6.45, 7) is 2.28. The van der Waals surface area contributed by atoms with Crippen molar-refractivity contribution in [3.05, 3.63) is 30.1 Å². The molecule has 0 saturated heterocycles. The smallest absolute Gasteiger partial charge is 1.00 e. The molecule has 0 aromatic heterocycles. The van der Waals surface area contributed by atoms with Gasteiger partial charge in [-0.2, -0.15) is 12.1 Å². The van der Waals surface area contributed by atoms with Gasteiger partial charge in [0.25, 0.3) is 0 Å². The van der Waals surface area contributed by atoms with E-state index in [1.807, 2.05) is 0 Å². The van der Waals surface area contributed by atoms with Gasteiger partial charge in [-0.25, -0.2) is 0 Å². The van der Waals surface area contributed by atoms with Gasteiger partial charge in [-0.1, -0.05) is 0 Å². The van der Waals surface area contributed by atoms with Crippen molar-refractivity contribution < 1.29 is 26.1 Å². The SMILES string of the molecule is CCOc1[c-]cccc1F.[Br-].[Mg+2]. The molecule has 1 rings (SSSR count). The van der Waals surface area contributed by atoms with Crippen LogP contribution >= 0.6 is 0 Å². The van der Waals surface area contributed by atoms with E-state index in [0.29, 0.717) is 6.61 Å². The molecule has 0 bridgehead atoms. The number of rotatable bonds is 2. The van der Waals surface area contributed by atoms with Gasteiger partial charge in [-0.05, 0) is 6.92 Å². The Morgan fingerprint density at radius 3 is 2.75 bits per heavy atom. The number of hydrogen-bond donors (Lipinski definition) is 0. The Labute approximate surface area is 98.2 Å². The normalized spacial score (nSPS) is 7.83. The number of benzene rings is 1. The van der Waals surface area contributed by atoms with Crippen LogP contribution < -0.4 is 21.7 Å². The van der Waals surface area contributed by atoms with Crippen LogP contribution in [0.3, 0.4) is 0 Å². The second-order valence-electron chi connectivity index (χ2n) is 1.78. The first-order chi connectivity index (χ1) is 4.84. The summed E-state index contributed by atoms with van der Waals surface area (Å²) in [5, 5.41) is 0. The summed E-state index contributed by atoms with van der Waals surface area (Å²) in [6.07, 6.45) is 0. The van der Waals surface area contributed by atoms with E-state index in [9.17, 15) is 4.39 Å². The Hall–Kier alpha value is 0.196. The van der Waals surface area contributed by atoms with Crippen LogP contribution in [0.15, 0.2) is 18.2 Å². The monoisotopic (exact) mass is 242 g/mol. The van der Waals surface area contributed by atoms with Crippen LogP contribution in [-0.4, -0.2) is 29.7 Å². The Kier molecular flexibility index (Phi) is 9.59. The van der Waals surface area contributed by atoms with Crippen molar-refractivity contribution in [2.75, 3.05) is 6.61 Å². The molecule has 0 heterocycles. The molecule has 0 fully saturated rings. The molecule has 1 aromatic rings. The van der Waals surface area contributed by atoms with Gasteiger partial charge in [0.2, 0.25) is 0 Å². The Bertz CT molecular complexity index is 220. The van der Waals surface area contributed by atoms with Crippen molar-refractivity contribution in [1.29, 1.82) is 0 Å². The van der Waals surface area contributed by atoms with Crippen molar-refractivity contribution in [1.82, 2.24) is 0 Å².